The van der Waals surface area contributed by atoms with E-state index in [-0.39, 0.29) is 5.91 Å². The number of imidazole rings is 1. The molecule has 2 aromatic carbocycles. The second-order valence-corrected chi connectivity index (χ2v) is 6.84. The Labute approximate surface area is 171 Å². The number of carbonyl (C=O) groups is 1. The number of unbranched alkanes of at least 4 members (excludes halogenated alkanes) is 1. The summed E-state index contributed by atoms with van der Waals surface area (Å²) >= 11 is 0. The van der Waals surface area contributed by atoms with Crippen LogP contribution in [0.2, 0.25) is 0 Å². The number of aromatic nitrogens is 2. The first kappa shape index (κ1) is 20.5. The van der Waals surface area contributed by atoms with Gasteiger partial charge in [-0.2, -0.15) is 0 Å². The molecule has 0 aliphatic heterocycles. The summed E-state index contributed by atoms with van der Waals surface area (Å²) in [5.74, 6) is 2.18. The zero-order valence-electron chi connectivity index (χ0n) is 17.0. The first-order valence-corrected chi connectivity index (χ1v) is 9.74. The highest BCUT2D eigenvalue weighted by molar-refractivity contribution is 5.92. The third-order valence-electron chi connectivity index (χ3n) is 4.63. The smallest absolute Gasteiger partial charge is 0.246 e. The predicted molar refractivity (Wildman–Crippen MR) is 114 cm³/mol. The minimum atomic E-state index is -0.159. The van der Waals surface area contributed by atoms with Crippen molar-refractivity contribution in [3.05, 3.63) is 66.5 Å². The van der Waals surface area contributed by atoms with E-state index in [1.165, 1.54) is 0 Å². The molecule has 3 aromatic rings. The van der Waals surface area contributed by atoms with Crippen LogP contribution in [0.1, 0.15) is 25.6 Å². The zero-order valence-corrected chi connectivity index (χ0v) is 17.0. The van der Waals surface area contributed by atoms with Gasteiger partial charge in [0.25, 0.3) is 0 Å². The third kappa shape index (κ3) is 5.16. The monoisotopic (exact) mass is 393 g/mol. The van der Waals surface area contributed by atoms with Crippen molar-refractivity contribution >= 4 is 16.9 Å². The summed E-state index contributed by atoms with van der Waals surface area (Å²) < 4.78 is 13.3. The number of fused-ring (bicyclic) bond motifs is 1. The lowest BCUT2D eigenvalue weighted by atomic mass is 10.3. The molecular formula is C23H27N3O3. The van der Waals surface area contributed by atoms with Crippen LogP contribution in [-0.4, -0.2) is 29.2 Å². The van der Waals surface area contributed by atoms with Crippen LogP contribution in [0.15, 0.2) is 60.7 Å². The first-order valence-electron chi connectivity index (χ1n) is 9.74. The number of benzene rings is 2. The molecule has 3 rings (SSSR count). The van der Waals surface area contributed by atoms with Gasteiger partial charge in [0.15, 0.2) is 11.5 Å². The molecule has 0 saturated carbocycles. The molecule has 0 spiro atoms. The van der Waals surface area contributed by atoms with Crippen molar-refractivity contribution in [1.82, 2.24) is 14.9 Å². The van der Waals surface area contributed by atoms with Gasteiger partial charge >= 0.3 is 0 Å². The highest BCUT2D eigenvalue weighted by Gasteiger charge is 2.12. The molecule has 1 N–H and O–H groups in total. The lowest BCUT2D eigenvalue weighted by molar-refractivity contribution is -0.117. The second kappa shape index (κ2) is 9.78. The summed E-state index contributed by atoms with van der Waals surface area (Å²) in [4.78, 5) is 16.5. The van der Waals surface area contributed by atoms with E-state index in [9.17, 15) is 4.79 Å². The van der Waals surface area contributed by atoms with E-state index in [1.54, 1.807) is 14.0 Å². The van der Waals surface area contributed by atoms with E-state index >= 15 is 0 Å². The SMILES string of the molecule is C=C(C)C(=O)NCc1nc2ccccc2n1CCCCOc1ccccc1OC. The summed E-state index contributed by atoms with van der Waals surface area (Å²) in [5, 5.41) is 2.88. The summed E-state index contributed by atoms with van der Waals surface area (Å²) in [6.07, 6.45) is 1.82. The van der Waals surface area contributed by atoms with Crippen molar-refractivity contribution in [2.75, 3.05) is 13.7 Å². The maximum Gasteiger partial charge on any atom is 0.246 e. The van der Waals surface area contributed by atoms with Crippen molar-refractivity contribution in [3.63, 3.8) is 0 Å². The van der Waals surface area contributed by atoms with Gasteiger partial charge in [0, 0.05) is 12.1 Å². The van der Waals surface area contributed by atoms with Crippen molar-refractivity contribution in [1.29, 1.82) is 0 Å². The molecule has 0 bridgehead atoms. The molecule has 152 valence electrons. The van der Waals surface area contributed by atoms with E-state index in [2.05, 4.69) is 27.5 Å². The van der Waals surface area contributed by atoms with Crippen LogP contribution in [0.25, 0.3) is 11.0 Å². The molecule has 1 amide bonds. The molecular weight excluding hydrogens is 366 g/mol. The van der Waals surface area contributed by atoms with Gasteiger partial charge in [0.05, 0.1) is 31.3 Å². The maximum absolute atomic E-state index is 11.9. The molecule has 0 saturated heterocycles. The average Bonchev–Trinajstić information content (AvgIpc) is 3.09. The Kier molecular flexibility index (Phi) is 6.89. The van der Waals surface area contributed by atoms with E-state index in [0.717, 1.165) is 47.7 Å². The molecule has 0 fully saturated rings. The van der Waals surface area contributed by atoms with Gasteiger partial charge in [-0.1, -0.05) is 30.8 Å². The second-order valence-electron chi connectivity index (χ2n) is 6.84. The quantitative estimate of drug-likeness (QED) is 0.416. The number of nitrogens with one attached hydrogen (secondary N) is 1. The lowest BCUT2D eigenvalue weighted by Gasteiger charge is -2.12. The number of hydrogen-bond donors (Lipinski definition) is 1. The number of methoxy groups -OCH3 is 1. The van der Waals surface area contributed by atoms with Gasteiger partial charge in [0.1, 0.15) is 5.82 Å². The number of para-hydroxylation sites is 4. The molecule has 0 radical (unpaired) electrons. The van der Waals surface area contributed by atoms with E-state index < -0.39 is 0 Å². The summed E-state index contributed by atoms with van der Waals surface area (Å²) in [7, 11) is 1.64. The number of rotatable bonds is 10. The Bertz CT molecular complexity index is 994. The first-order chi connectivity index (χ1) is 14.1. The van der Waals surface area contributed by atoms with Crippen LogP contribution >= 0.6 is 0 Å². The van der Waals surface area contributed by atoms with Gasteiger partial charge in [0.2, 0.25) is 5.91 Å². The molecule has 29 heavy (non-hydrogen) atoms. The van der Waals surface area contributed by atoms with Gasteiger partial charge in [-0.25, -0.2) is 4.98 Å². The van der Waals surface area contributed by atoms with E-state index in [0.29, 0.717) is 18.7 Å². The number of hydrogen-bond acceptors (Lipinski definition) is 4. The molecule has 6 heteroatoms. The van der Waals surface area contributed by atoms with Crippen LogP contribution < -0.4 is 14.8 Å². The largest absolute Gasteiger partial charge is 0.493 e. The highest BCUT2D eigenvalue weighted by atomic mass is 16.5. The molecule has 1 heterocycles. The van der Waals surface area contributed by atoms with Crippen LogP contribution in [0, 0.1) is 0 Å². The zero-order chi connectivity index (χ0) is 20.6. The minimum absolute atomic E-state index is 0.159. The van der Waals surface area contributed by atoms with Gasteiger partial charge in [-0.3, -0.25) is 4.79 Å². The average molecular weight is 393 g/mol. The lowest BCUT2D eigenvalue weighted by Crippen LogP contribution is -2.25. The van der Waals surface area contributed by atoms with Crippen molar-refractivity contribution in [2.24, 2.45) is 0 Å². The molecule has 6 nitrogen and oxygen atoms in total. The molecule has 0 unspecified atom stereocenters. The number of ether oxygens (including phenoxy) is 2. The van der Waals surface area contributed by atoms with E-state index in [4.69, 9.17) is 9.47 Å². The van der Waals surface area contributed by atoms with Gasteiger partial charge in [-0.15, -0.1) is 0 Å². The minimum Gasteiger partial charge on any atom is -0.493 e. The van der Waals surface area contributed by atoms with Crippen LogP contribution in [0.4, 0.5) is 0 Å². The third-order valence-corrected chi connectivity index (χ3v) is 4.63. The molecule has 0 aliphatic rings. The van der Waals surface area contributed by atoms with E-state index in [1.807, 2.05) is 42.5 Å². The summed E-state index contributed by atoms with van der Waals surface area (Å²) in [6.45, 7) is 7.15. The van der Waals surface area contributed by atoms with Crippen molar-refractivity contribution in [2.45, 2.75) is 32.9 Å². The highest BCUT2D eigenvalue weighted by Crippen LogP contribution is 2.26. The number of nitrogens with zero attached hydrogens (tertiary/aromatic N) is 2. The normalized spacial score (nSPS) is 10.7. The Morgan fingerprint density at radius 1 is 1.10 bits per heavy atom. The molecule has 1 aromatic heterocycles. The standard InChI is InChI=1S/C23H27N3O3/c1-17(2)23(27)24-16-22-25-18-10-4-5-11-19(18)26(22)14-8-9-15-29-21-13-7-6-12-20(21)28-3/h4-7,10-13H,1,8-9,14-16H2,2-3H3,(H,24,27). The van der Waals surface area contributed by atoms with Gasteiger partial charge < -0.3 is 19.4 Å². The fourth-order valence-electron chi connectivity index (χ4n) is 3.11. The van der Waals surface area contributed by atoms with Crippen molar-refractivity contribution in [3.8, 4) is 11.5 Å². The summed E-state index contributed by atoms with van der Waals surface area (Å²) in [5.41, 5.74) is 2.48. The Balaban J connectivity index is 1.60. The fraction of sp³-hybridized carbons (Fsp3) is 0.304. The maximum atomic E-state index is 11.9. The molecule has 0 atom stereocenters. The fourth-order valence-corrected chi connectivity index (χ4v) is 3.11. The predicted octanol–water partition coefficient (Wildman–Crippen LogP) is 4.10. The van der Waals surface area contributed by atoms with Crippen LogP contribution in [0.3, 0.4) is 0 Å². The Morgan fingerprint density at radius 2 is 1.83 bits per heavy atom. The molecule has 0 aliphatic carbocycles. The number of amides is 1. The topological polar surface area (TPSA) is 65.4 Å². The van der Waals surface area contributed by atoms with Crippen molar-refractivity contribution < 1.29 is 14.3 Å². The number of carbonyl (C=O) groups excluding carboxylic acids is 1. The Hall–Kier alpha value is -3.28. The number of aryl methyl sites for hydroxylation is 1. The Morgan fingerprint density at radius 3 is 2.59 bits per heavy atom. The van der Waals surface area contributed by atoms with Crippen LogP contribution in [-0.2, 0) is 17.9 Å². The summed E-state index contributed by atoms with van der Waals surface area (Å²) in [6, 6.07) is 15.7. The van der Waals surface area contributed by atoms with Crippen LogP contribution in [0.5, 0.6) is 11.5 Å². The van der Waals surface area contributed by atoms with Gasteiger partial charge in [-0.05, 0) is 44.0 Å².